The van der Waals surface area contributed by atoms with Gasteiger partial charge in [0.05, 0.1) is 0 Å². The Morgan fingerprint density at radius 2 is 1.62 bits per heavy atom. The molecule has 0 aliphatic carbocycles. The van der Waals surface area contributed by atoms with Crippen LogP contribution in [0.4, 0.5) is 10.1 Å². The van der Waals surface area contributed by atoms with E-state index in [9.17, 15) is 14.0 Å². The summed E-state index contributed by atoms with van der Waals surface area (Å²) in [7, 11) is 0. The first-order valence-corrected chi connectivity index (χ1v) is 13.9. The van der Waals surface area contributed by atoms with E-state index < -0.39 is 0 Å². The lowest BCUT2D eigenvalue weighted by Crippen LogP contribution is -2.48. The van der Waals surface area contributed by atoms with Gasteiger partial charge in [-0.05, 0) is 71.6 Å². The fraction of sp³-hybridized carbons (Fsp3) is 0.333. The van der Waals surface area contributed by atoms with E-state index in [1.165, 1.54) is 17.7 Å². The van der Waals surface area contributed by atoms with Crippen molar-refractivity contribution in [3.63, 3.8) is 0 Å². The van der Waals surface area contributed by atoms with E-state index >= 15 is 0 Å². The van der Waals surface area contributed by atoms with Gasteiger partial charge in [0, 0.05) is 54.9 Å². The van der Waals surface area contributed by atoms with Crippen molar-refractivity contribution in [3.05, 3.63) is 101 Å². The van der Waals surface area contributed by atoms with Crippen LogP contribution in [0.5, 0.6) is 0 Å². The molecule has 2 heterocycles. The smallest absolute Gasteiger partial charge is 0.270 e. The third kappa shape index (κ3) is 5.94. The van der Waals surface area contributed by atoms with Gasteiger partial charge in [0.2, 0.25) is 0 Å². The zero-order valence-corrected chi connectivity index (χ0v) is 23.7. The van der Waals surface area contributed by atoms with Crippen LogP contribution >= 0.6 is 0 Å². The molecule has 1 aliphatic heterocycles. The number of rotatable bonds is 6. The summed E-state index contributed by atoms with van der Waals surface area (Å²) in [5, 5.41) is 3.84. The third-order valence-corrected chi connectivity index (χ3v) is 7.73. The van der Waals surface area contributed by atoms with E-state index in [-0.39, 0.29) is 23.0 Å². The van der Waals surface area contributed by atoms with Crippen LogP contribution in [-0.2, 0) is 12.0 Å². The lowest BCUT2D eigenvalue weighted by atomic mass is 9.87. The number of carbonyl (C=O) groups excluding carboxylic acids is 2. The van der Waals surface area contributed by atoms with Gasteiger partial charge < -0.3 is 19.7 Å². The number of nitrogens with zero attached hydrogens (tertiary/aromatic N) is 3. The summed E-state index contributed by atoms with van der Waals surface area (Å²) in [5.74, 6) is -0.532. The number of piperazine rings is 1. The summed E-state index contributed by atoms with van der Waals surface area (Å²) < 4.78 is 15.9. The van der Waals surface area contributed by atoms with Gasteiger partial charge in [-0.3, -0.25) is 9.59 Å². The maximum Gasteiger partial charge on any atom is 0.270 e. The van der Waals surface area contributed by atoms with Crippen LogP contribution in [0.1, 0.15) is 59.7 Å². The molecule has 1 N–H and O–H groups in total. The molecular weight excluding hydrogens is 503 g/mol. The first-order chi connectivity index (χ1) is 19.1. The number of anilines is 1. The topological polar surface area (TPSA) is 57.6 Å². The Morgan fingerprint density at radius 1 is 0.900 bits per heavy atom. The van der Waals surface area contributed by atoms with Gasteiger partial charge in [0.1, 0.15) is 11.5 Å². The molecule has 0 unspecified atom stereocenters. The highest BCUT2D eigenvalue weighted by molar-refractivity contribution is 6.06. The van der Waals surface area contributed by atoms with Crippen LogP contribution in [0, 0.1) is 5.82 Å². The number of aromatic nitrogens is 1. The summed E-state index contributed by atoms with van der Waals surface area (Å²) in [6.45, 7) is 12.9. The summed E-state index contributed by atoms with van der Waals surface area (Å²) in [5.41, 5.74) is 4.60. The summed E-state index contributed by atoms with van der Waals surface area (Å²) in [6, 6.07) is 21.7. The fourth-order valence-corrected chi connectivity index (χ4v) is 5.27. The Hall–Kier alpha value is -3.97. The average Bonchev–Trinajstić information content (AvgIpc) is 3.29. The molecule has 208 valence electrons. The van der Waals surface area contributed by atoms with Crippen molar-refractivity contribution in [3.8, 4) is 0 Å². The molecule has 0 bridgehead atoms. The second kappa shape index (κ2) is 11.3. The number of benzene rings is 3. The van der Waals surface area contributed by atoms with E-state index in [1.807, 2.05) is 64.1 Å². The van der Waals surface area contributed by atoms with Crippen molar-refractivity contribution in [2.24, 2.45) is 0 Å². The standard InChI is InChI=1S/C33H37FN4O2/c1-5-36-15-17-37(18-16-36)32(40)30-21-25-20-28(35-31(39)24-9-11-26(12-10-24)33(2,3)4)13-14-29(25)38(30)22-23-7-6-8-27(34)19-23/h6-14,19-21H,5,15-18,22H2,1-4H3,(H,35,39). The number of hydrogen-bond acceptors (Lipinski definition) is 3. The predicted molar refractivity (Wildman–Crippen MR) is 159 cm³/mol. The molecule has 5 rings (SSSR count). The van der Waals surface area contributed by atoms with Crippen LogP contribution < -0.4 is 5.32 Å². The van der Waals surface area contributed by atoms with Gasteiger partial charge in [-0.15, -0.1) is 0 Å². The second-order valence-corrected chi connectivity index (χ2v) is 11.5. The van der Waals surface area contributed by atoms with Crippen molar-refractivity contribution in [1.29, 1.82) is 0 Å². The molecule has 0 spiro atoms. The summed E-state index contributed by atoms with van der Waals surface area (Å²) >= 11 is 0. The lowest BCUT2D eigenvalue weighted by Gasteiger charge is -2.34. The number of amides is 2. The van der Waals surface area contributed by atoms with Crippen molar-refractivity contribution in [2.45, 2.75) is 39.7 Å². The highest BCUT2D eigenvalue weighted by Crippen LogP contribution is 2.27. The Labute approximate surface area is 235 Å². The third-order valence-electron chi connectivity index (χ3n) is 7.73. The predicted octanol–water partition coefficient (Wildman–Crippen LogP) is 6.16. The highest BCUT2D eigenvalue weighted by atomic mass is 19.1. The van der Waals surface area contributed by atoms with Crippen molar-refractivity contribution in [1.82, 2.24) is 14.4 Å². The minimum atomic E-state index is -0.307. The molecule has 6 nitrogen and oxygen atoms in total. The van der Waals surface area contributed by atoms with Crippen molar-refractivity contribution >= 4 is 28.4 Å². The van der Waals surface area contributed by atoms with Crippen LogP contribution in [-0.4, -0.2) is 58.9 Å². The fourth-order valence-electron chi connectivity index (χ4n) is 5.27. The Balaban J connectivity index is 1.44. The first-order valence-electron chi connectivity index (χ1n) is 13.9. The number of halogens is 1. The minimum Gasteiger partial charge on any atom is -0.335 e. The molecule has 0 atom stereocenters. The zero-order chi connectivity index (χ0) is 28.4. The highest BCUT2D eigenvalue weighted by Gasteiger charge is 2.25. The molecule has 3 aromatic carbocycles. The van der Waals surface area contributed by atoms with Crippen LogP contribution in [0.3, 0.4) is 0 Å². The SMILES string of the molecule is CCN1CCN(C(=O)c2cc3cc(NC(=O)c4ccc(C(C)(C)C)cc4)ccc3n2Cc2cccc(F)c2)CC1. The Bertz CT molecular complexity index is 1530. The number of nitrogens with one attached hydrogen (secondary N) is 1. The molecule has 0 saturated carbocycles. The van der Waals surface area contributed by atoms with Crippen molar-refractivity contribution < 1.29 is 14.0 Å². The second-order valence-electron chi connectivity index (χ2n) is 11.5. The van der Waals surface area contributed by atoms with Crippen molar-refractivity contribution in [2.75, 3.05) is 38.0 Å². The molecule has 7 heteroatoms. The molecule has 1 aromatic heterocycles. The maximum atomic E-state index is 14.0. The van der Waals surface area contributed by atoms with E-state index in [0.717, 1.165) is 36.1 Å². The number of likely N-dealkylation sites (N-methyl/N-ethyl adjacent to an activating group) is 1. The van der Waals surface area contributed by atoms with Crippen LogP contribution in [0.15, 0.2) is 72.8 Å². The molecule has 4 aromatic rings. The van der Waals surface area contributed by atoms with E-state index in [4.69, 9.17) is 0 Å². The quantitative estimate of drug-likeness (QED) is 0.319. The molecule has 1 saturated heterocycles. The monoisotopic (exact) mass is 540 g/mol. The minimum absolute atomic E-state index is 0.0114. The van der Waals surface area contributed by atoms with Gasteiger partial charge in [-0.1, -0.05) is 52.0 Å². The molecule has 1 fully saturated rings. The first kappa shape index (κ1) is 27.6. The average molecular weight is 541 g/mol. The molecule has 2 amide bonds. The number of hydrogen-bond donors (Lipinski definition) is 1. The van der Waals surface area contributed by atoms with E-state index in [2.05, 4.69) is 37.9 Å². The maximum absolute atomic E-state index is 14.0. The van der Waals surface area contributed by atoms with Crippen LogP contribution in [0.2, 0.25) is 0 Å². The van der Waals surface area contributed by atoms with Gasteiger partial charge in [-0.25, -0.2) is 4.39 Å². The molecule has 1 aliphatic rings. The normalized spacial score (nSPS) is 14.5. The Kier molecular flexibility index (Phi) is 7.76. The molecule has 40 heavy (non-hydrogen) atoms. The van der Waals surface area contributed by atoms with Gasteiger partial charge in [0.25, 0.3) is 11.8 Å². The molecule has 0 radical (unpaired) electrons. The zero-order valence-electron chi connectivity index (χ0n) is 23.7. The van der Waals surface area contributed by atoms with Gasteiger partial charge >= 0.3 is 0 Å². The van der Waals surface area contributed by atoms with Crippen LogP contribution in [0.25, 0.3) is 10.9 Å². The van der Waals surface area contributed by atoms with Gasteiger partial charge in [0.15, 0.2) is 0 Å². The van der Waals surface area contributed by atoms with E-state index in [0.29, 0.717) is 36.6 Å². The number of fused-ring (bicyclic) bond motifs is 1. The summed E-state index contributed by atoms with van der Waals surface area (Å²) in [4.78, 5) is 31.0. The van der Waals surface area contributed by atoms with Gasteiger partial charge in [-0.2, -0.15) is 0 Å². The van der Waals surface area contributed by atoms with E-state index in [1.54, 1.807) is 6.07 Å². The largest absolute Gasteiger partial charge is 0.335 e. The number of carbonyl (C=O) groups is 2. The lowest BCUT2D eigenvalue weighted by molar-refractivity contribution is 0.0633. The molecular formula is C33H37FN4O2. The summed E-state index contributed by atoms with van der Waals surface area (Å²) in [6.07, 6.45) is 0. The Morgan fingerprint density at radius 3 is 2.27 bits per heavy atom.